The Labute approximate surface area is 88.7 Å². The van der Waals surface area contributed by atoms with Crippen molar-refractivity contribution in [2.24, 2.45) is 11.3 Å². The molecule has 0 spiro atoms. The van der Waals surface area contributed by atoms with Gasteiger partial charge in [-0.15, -0.1) is 0 Å². The Bertz CT molecular complexity index is 120. The van der Waals surface area contributed by atoms with Gasteiger partial charge in [0.2, 0.25) is 0 Å². The maximum absolute atomic E-state index is 9.33. The van der Waals surface area contributed by atoms with Crippen molar-refractivity contribution in [1.29, 1.82) is 0 Å². The molecule has 0 rings (SSSR count). The highest BCUT2D eigenvalue weighted by atomic mass is 16.5. The average Bonchev–Trinajstić information content (AvgIpc) is 2.19. The van der Waals surface area contributed by atoms with E-state index in [0.717, 1.165) is 32.5 Å². The molecule has 0 amide bonds. The second-order valence-corrected chi connectivity index (χ2v) is 4.58. The van der Waals surface area contributed by atoms with E-state index < -0.39 is 0 Å². The van der Waals surface area contributed by atoms with Crippen LogP contribution in [-0.4, -0.2) is 24.9 Å². The summed E-state index contributed by atoms with van der Waals surface area (Å²) >= 11 is 0. The lowest BCUT2D eigenvalue weighted by atomic mass is 9.80. The molecule has 0 aliphatic rings. The molecule has 0 aromatic rings. The Balaban J connectivity index is 3.71. The van der Waals surface area contributed by atoms with E-state index in [1.807, 2.05) is 0 Å². The molecular formula is C12H26O2. The van der Waals surface area contributed by atoms with Crippen LogP contribution in [0.2, 0.25) is 0 Å². The monoisotopic (exact) mass is 202 g/mol. The largest absolute Gasteiger partial charge is 0.396 e. The summed E-state index contributed by atoms with van der Waals surface area (Å²) in [5.74, 6) is 0.599. The zero-order chi connectivity index (χ0) is 11.0. The van der Waals surface area contributed by atoms with E-state index in [9.17, 15) is 5.11 Å². The summed E-state index contributed by atoms with van der Waals surface area (Å²) in [5.41, 5.74) is 0.0942. The number of hydrogen-bond acceptors (Lipinski definition) is 2. The SMILES string of the molecule is CCC(CC)(CO)CCOCC(C)C. The summed E-state index contributed by atoms with van der Waals surface area (Å²) in [7, 11) is 0. The van der Waals surface area contributed by atoms with Gasteiger partial charge in [-0.3, -0.25) is 0 Å². The summed E-state index contributed by atoms with van der Waals surface area (Å²) in [5, 5.41) is 9.33. The summed E-state index contributed by atoms with van der Waals surface area (Å²) in [6.07, 6.45) is 3.04. The van der Waals surface area contributed by atoms with E-state index >= 15 is 0 Å². The topological polar surface area (TPSA) is 29.5 Å². The molecular weight excluding hydrogens is 176 g/mol. The van der Waals surface area contributed by atoms with E-state index in [-0.39, 0.29) is 12.0 Å². The highest BCUT2D eigenvalue weighted by Gasteiger charge is 2.24. The predicted octanol–water partition coefficient (Wildman–Crippen LogP) is 2.85. The van der Waals surface area contributed by atoms with E-state index in [2.05, 4.69) is 27.7 Å². The lowest BCUT2D eigenvalue weighted by molar-refractivity contribution is 0.0426. The minimum atomic E-state index is 0.0942. The van der Waals surface area contributed by atoms with Crippen LogP contribution in [0.15, 0.2) is 0 Å². The van der Waals surface area contributed by atoms with Gasteiger partial charge in [0, 0.05) is 19.8 Å². The number of aliphatic hydroxyl groups excluding tert-OH is 1. The summed E-state index contributed by atoms with van der Waals surface area (Å²) < 4.78 is 5.54. The molecule has 2 nitrogen and oxygen atoms in total. The highest BCUT2D eigenvalue weighted by Crippen LogP contribution is 2.29. The maximum atomic E-state index is 9.33. The first kappa shape index (κ1) is 13.9. The molecule has 0 aliphatic heterocycles. The van der Waals surface area contributed by atoms with Gasteiger partial charge in [0.1, 0.15) is 0 Å². The predicted molar refractivity (Wildman–Crippen MR) is 60.4 cm³/mol. The van der Waals surface area contributed by atoms with Gasteiger partial charge in [-0.05, 0) is 30.6 Å². The van der Waals surface area contributed by atoms with Crippen molar-refractivity contribution in [2.45, 2.75) is 47.0 Å². The van der Waals surface area contributed by atoms with Gasteiger partial charge in [0.15, 0.2) is 0 Å². The van der Waals surface area contributed by atoms with Crippen molar-refractivity contribution in [2.75, 3.05) is 19.8 Å². The van der Waals surface area contributed by atoms with Crippen LogP contribution < -0.4 is 0 Å². The van der Waals surface area contributed by atoms with E-state index in [4.69, 9.17) is 4.74 Å². The van der Waals surface area contributed by atoms with Crippen LogP contribution >= 0.6 is 0 Å². The first-order valence-electron chi connectivity index (χ1n) is 5.78. The van der Waals surface area contributed by atoms with E-state index in [0.29, 0.717) is 5.92 Å². The van der Waals surface area contributed by atoms with Gasteiger partial charge in [-0.2, -0.15) is 0 Å². The van der Waals surface area contributed by atoms with Crippen LogP contribution in [-0.2, 0) is 4.74 Å². The molecule has 86 valence electrons. The van der Waals surface area contributed by atoms with E-state index in [1.165, 1.54) is 0 Å². The Morgan fingerprint density at radius 2 is 1.79 bits per heavy atom. The molecule has 0 atom stereocenters. The van der Waals surface area contributed by atoms with Gasteiger partial charge in [0.05, 0.1) is 0 Å². The molecule has 0 bridgehead atoms. The molecule has 0 unspecified atom stereocenters. The fourth-order valence-electron chi connectivity index (χ4n) is 1.51. The highest BCUT2D eigenvalue weighted by molar-refractivity contribution is 4.75. The van der Waals surface area contributed by atoms with Gasteiger partial charge in [-0.1, -0.05) is 27.7 Å². The number of rotatable bonds is 8. The number of ether oxygens (including phenoxy) is 1. The van der Waals surface area contributed by atoms with Crippen LogP contribution in [0.1, 0.15) is 47.0 Å². The van der Waals surface area contributed by atoms with Crippen molar-refractivity contribution in [1.82, 2.24) is 0 Å². The first-order chi connectivity index (χ1) is 6.60. The van der Waals surface area contributed by atoms with Crippen molar-refractivity contribution >= 4 is 0 Å². The normalized spacial score (nSPS) is 12.4. The maximum Gasteiger partial charge on any atom is 0.0488 e. The van der Waals surface area contributed by atoms with Gasteiger partial charge in [0.25, 0.3) is 0 Å². The van der Waals surface area contributed by atoms with Crippen LogP contribution in [0.3, 0.4) is 0 Å². The van der Waals surface area contributed by atoms with Gasteiger partial charge in [-0.25, -0.2) is 0 Å². The zero-order valence-electron chi connectivity index (χ0n) is 10.2. The molecule has 14 heavy (non-hydrogen) atoms. The van der Waals surface area contributed by atoms with Crippen LogP contribution in [0.4, 0.5) is 0 Å². The van der Waals surface area contributed by atoms with Crippen LogP contribution in [0.25, 0.3) is 0 Å². The minimum Gasteiger partial charge on any atom is -0.396 e. The molecule has 0 saturated carbocycles. The summed E-state index contributed by atoms with van der Waals surface area (Å²) in [4.78, 5) is 0. The van der Waals surface area contributed by atoms with E-state index in [1.54, 1.807) is 0 Å². The molecule has 0 radical (unpaired) electrons. The van der Waals surface area contributed by atoms with Crippen molar-refractivity contribution in [3.63, 3.8) is 0 Å². The Morgan fingerprint density at radius 3 is 2.14 bits per heavy atom. The Kier molecular flexibility index (Phi) is 7.20. The summed E-state index contributed by atoms with van der Waals surface area (Å²) in [6, 6.07) is 0. The smallest absolute Gasteiger partial charge is 0.0488 e. The van der Waals surface area contributed by atoms with Crippen molar-refractivity contribution < 1.29 is 9.84 Å². The fraction of sp³-hybridized carbons (Fsp3) is 1.00. The van der Waals surface area contributed by atoms with Crippen LogP contribution in [0, 0.1) is 11.3 Å². The Hall–Kier alpha value is -0.0800. The fourth-order valence-corrected chi connectivity index (χ4v) is 1.51. The lowest BCUT2D eigenvalue weighted by Crippen LogP contribution is -2.25. The molecule has 2 heteroatoms. The Morgan fingerprint density at radius 1 is 1.21 bits per heavy atom. The second kappa shape index (κ2) is 7.24. The molecule has 0 aromatic heterocycles. The van der Waals surface area contributed by atoms with Gasteiger partial charge >= 0.3 is 0 Å². The second-order valence-electron chi connectivity index (χ2n) is 4.58. The first-order valence-corrected chi connectivity index (χ1v) is 5.78. The van der Waals surface area contributed by atoms with Crippen LogP contribution in [0.5, 0.6) is 0 Å². The molecule has 0 aliphatic carbocycles. The number of hydrogen-bond donors (Lipinski definition) is 1. The number of aliphatic hydroxyl groups is 1. The lowest BCUT2D eigenvalue weighted by Gasteiger charge is -2.29. The summed E-state index contributed by atoms with van der Waals surface area (Å²) in [6.45, 7) is 10.5. The van der Waals surface area contributed by atoms with Crippen molar-refractivity contribution in [3.8, 4) is 0 Å². The van der Waals surface area contributed by atoms with Gasteiger partial charge < -0.3 is 9.84 Å². The third-order valence-corrected chi connectivity index (χ3v) is 3.06. The third kappa shape index (κ3) is 4.97. The molecule has 0 fully saturated rings. The molecule has 1 N–H and O–H groups in total. The van der Waals surface area contributed by atoms with Crippen molar-refractivity contribution in [3.05, 3.63) is 0 Å². The molecule has 0 saturated heterocycles. The third-order valence-electron chi connectivity index (χ3n) is 3.06. The quantitative estimate of drug-likeness (QED) is 0.613. The molecule has 0 aromatic carbocycles. The standard InChI is InChI=1S/C12H26O2/c1-5-12(6-2,10-13)7-8-14-9-11(3)4/h11,13H,5-10H2,1-4H3. The molecule has 0 heterocycles. The zero-order valence-corrected chi connectivity index (χ0v) is 10.2. The average molecular weight is 202 g/mol. The minimum absolute atomic E-state index is 0.0942.